The fourth-order valence-corrected chi connectivity index (χ4v) is 3.82. The fraction of sp³-hybridized carbons (Fsp3) is 0.556. The summed E-state index contributed by atoms with van der Waals surface area (Å²) in [5.41, 5.74) is 1.09. The molecular formula is C18H23ClN2O2. The van der Waals surface area contributed by atoms with Gasteiger partial charge >= 0.3 is 0 Å². The predicted molar refractivity (Wildman–Crippen MR) is 90.1 cm³/mol. The molecule has 4 nitrogen and oxygen atoms in total. The largest absolute Gasteiger partial charge is 0.347 e. The Kier molecular flexibility index (Phi) is 5.21. The molecule has 23 heavy (non-hydrogen) atoms. The lowest BCUT2D eigenvalue weighted by Crippen LogP contribution is -2.50. The lowest BCUT2D eigenvalue weighted by molar-refractivity contribution is -0.131. The van der Waals surface area contributed by atoms with E-state index in [2.05, 4.69) is 10.6 Å². The number of amides is 2. The van der Waals surface area contributed by atoms with Crippen LogP contribution in [0.1, 0.15) is 56.6 Å². The molecule has 1 saturated carbocycles. The number of nitrogens with one attached hydrogen (secondary N) is 2. The highest BCUT2D eigenvalue weighted by Crippen LogP contribution is 2.36. The molecule has 0 spiro atoms. The van der Waals surface area contributed by atoms with E-state index < -0.39 is 6.04 Å². The SMILES string of the molecule is O=C1CCC[C@@H](C(=O)N[C@H](c2ccc(Cl)cc2)C2CCCC2)N1. The number of hydrogen-bond acceptors (Lipinski definition) is 2. The third-order valence-electron chi connectivity index (χ3n) is 4.95. The van der Waals surface area contributed by atoms with Crippen LogP contribution in [0.25, 0.3) is 0 Å². The molecule has 1 aliphatic carbocycles. The first-order chi connectivity index (χ1) is 11.1. The summed E-state index contributed by atoms with van der Waals surface area (Å²) in [5.74, 6) is 0.365. The molecule has 1 aromatic rings. The highest BCUT2D eigenvalue weighted by molar-refractivity contribution is 6.30. The standard InChI is InChI=1S/C18H23ClN2O2/c19-14-10-8-13(9-11-14)17(12-4-1-2-5-12)21-18(23)15-6-3-7-16(22)20-15/h8-12,15,17H,1-7H2,(H,20,22)(H,21,23)/t15-,17-/m0/s1. The van der Waals surface area contributed by atoms with Crippen molar-refractivity contribution in [2.45, 2.75) is 57.0 Å². The molecule has 2 amide bonds. The Balaban J connectivity index is 1.74. The first-order valence-electron chi connectivity index (χ1n) is 8.48. The Morgan fingerprint density at radius 2 is 1.83 bits per heavy atom. The molecule has 0 unspecified atom stereocenters. The fourth-order valence-electron chi connectivity index (χ4n) is 3.69. The maximum Gasteiger partial charge on any atom is 0.243 e. The van der Waals surface area contributed by atoms with Gasteiger partial charge in [-0.3, -0.25) is 9.59 Å². The number of halogens is 1. The Bertz CT molecular complexity index is 567. The van der Waals surface area contributed by atoms with E-state index in [1.54, 1.807) is 0 Å². The summed E-state index contributed by atoms with van der Waals surface area (Å²) in [6, 6.07) is 7.32. The summed E-state index contributed by atoms with van der Waals surface area (Å²) in [5, 5.41) is 6.69. The zero-order valence-electron chi connectivity index (χ0n) is 13.2. The van der Waals surface area contributed by atoms with Gasteiger partial charge in [0.2, 0.25) is 11.8 Å². The van der Waals surface area contributed by atoms with Crippen molar-refractivity contribution < 1.29 is 9.59 Å². The summed E-state index contributed by atoms with van der Waals surface area (Å²) in [7, 11) is 0. The molecule has 2 aliphatic rings. The Morgan fingerprint density at radius 3 is 2.48 bits per heavy atom. The van der Waals surface area contributed by atoms with Gasteiger partial charge in [0.1, 0.15) is 6.04 Å². The maximum atomic E-state index is 12.6. The van der Waals surface area contributed by atoms with Gasteiger partial charge in [0, 0.05) is 11.4 Å². The molecule has 1 aromatic carbocycles. The van der Waals surface area contributed by atoms with E-state index in [1.807, 2.05) is 24.3 Å². The van der Waals surface area contributed by atoms with Crippen molar-refractivity contribution in [1.29, 1.82) is 0 Å². The van der Waals surface area contributed by atoms with Gasteiger partial charge in [-0.1, -0.05) is 36.6 Å². The van der Waals surface area contributed by atoms with E-state index in [-0.39, 0.29) is 17.9 Å². The summed E-state index contributed by atoms with van der Waals surface area (Å²) >= 11 is 5.98. The van der Waals surface area contributed by atoms with Crippen molar-refractivity contribution in [3.8, 4) is 0 Å². The monoisotopic (exact) mass is 334 g/mol. The van der Waals surface area contributed by atoms with E-state index in [0.29, 0.717) is 17.4 Å². The average molecular weight is 335 g/mol. The number of hydrogen-bond donors (Lipinski definition) is 2. The topological polar surface area (TPSA) is 58.2 Å². The van der Waals surface area contributed by atoms with Crippen LogP contribution in [0.4, 0.5) is 0 Å². The zero-order chi connectivity index (χ0) is 16.2. The van der Waals surface area contributed by atoms with Crippen molar-refractivity contribution >= 4 is 23.4 Å². The van der Waals surface area contributed by atoms with E-state index in [1.165, 1.54) is 12.8 Å². The molecule has 2 fully saturated rings. The second-order valence-electron chi connectivity index (χ2n) is 6.59. The summed E-state index contributed by atoms with van der Waals surface area (Å²) in [4.78, 5) is 24.1. The van der Waals surface area contributed by atoms with Crippen LogP contribution in [0.15, 0.2) is 24.3 Å². The molecule has 1 saturated heterocycles. The van der Waals surface area contributed by atoms with Crippen LogP contribution in [0.3, 0.4) is 0 Å². The van der Waals surface area contributed by atoms with Crippen LogP contribution < -0.4 is 10.6 Å². The third kappa shape index (κ3) is 4.05. The van der Waals surface area contributed by atoms with E-state index in [4.69, 9.17) is 11.6 Å². The van der Waals surface area contributed by atoms with Gasteiger partial charge in [-0.05, 0) is 49.3 Å². The van der Waals surface area contributed by atoms with E-state index in [0.717, 1.165) is 31.2 Å². The number of benzene rings is 1. The lowest BCUT2D eigenvalue weighted by atomic mass is 9.91. The van der Waals surface area contributed by atoms with Gasteiger partial charge in [-0.2, -0.15) is 0 Å². The van der Waals surface area contributed by atoms with Crippen molar-refractivity contribution in [1.82, 2.24) is 10.6 Å². The Hall–Kier alpha value is -1.55. The minimum absolute atomic E-state index is 0.00101. The van der Waals surface area contributed by atoms with Gasteiger partial charge in [-0.15, -0.1) is 0 Å². The van der Waals surface area contributed by atoms with Crippen molar-refractivity contribution in [3.05, 3.63) is 34.9 Å². The second-order valence-corrected chi connectivity index (χ2v) is 7.03. The molecular weight excluding hydrogens is 312 g/mol. The van der Waals surface area contributed by atoms with Crippen molar-refractivity contribution in [2.24, 2.45) is 5.92 Å². The van der Waals surface area contributed by atoms with Gasteiger partial charge < -0.3 is 10.6 Å². The van der Waals surface area contributed by atoms with Gasteiger partial charge in [0.05, 0.1) is 6.04 Å². The summed E-state index contributed by atoms with van der Waals surface area (Å²) < 4.78 is 0. The Morgan fingerprint density at radius 1 is 1.13 bits per heavy atom. The number of carbonyl (C=O) groups excluding carboxylic acids is 2. The normalized spacial score (nSPS) is 23.3. The molecule has 1 aliphatic heterocycles. The minimum atomic E-state index is -0.396. The summed E-state index contributed by atoms with van der Waals surface area (Å²) in [6.45, 7) is 0. The molecule has 0 radical (unpaired) electrons. The van der Waals surface area contributed by atoms with Crippen LogP contribution in [0.2, 0.25) is 5.02 Å². The second kappa shape index (κ2) is 7.35. The highest BCUT2D eigenvalue weighted by atomic mass is 35.5. The molecule has 124 valence electrons. The van der Waals surface area contributed by atoms with Gasteiger partial charge in [0.25, 0.3) is 0 Å². The van der Waals surface area contributed by atoms with Crippen LogP contribution in [0.5, 0.6) is 0 Å². The average Bonchev–Trinajstić information content (AvgIpc) is 3.07. The summed E-state index contributed by atoms with van der Waals surface area (Å²) in [6.07, 6.45) is 6.70. The quantitative estimate of drug-likeness (QED) is 0.887. The highest BCUT2D eigenvalue weighted by Gasteiger charge is 2.31. The molecule has 5 heteroatoms. The number of piperidine rings is 1. The third-order valence-corrected chi connectivity index (χ3v) is 5.20. The van der Waals surface area contributed by atoms with Crippen molar-refractivity contribution in [2.75, 3.05) is 0 Å². The van der Waals surface area contributed by atoms with E-state index >= 15 is 0 Å². The van der Waals surface area contributed by atoms with Crippen LogP contribution in [-0.2, 0) is 9.59 Å². The zero-order valence-corrected chi connectivity index (χ0v) is 13.9. The maximum absolute atomic E-state index is 12.6. The smallest absolute Gasteiger partial charge is 0.243 e. The van der Waals surface area contributed by atoms with Crippen LogP contribution in [0, 0.1) is 5.92 Å². The van der Waals surface area contributed by atoms with Crippen LogP contribution >= 0.6 is 11.6 Å². The molecule has 2 atom stereocenters. The molecule has 2 N–H and O–H groups in total. The Labute approximate surface area is 142 Å². The lowest BCUT2D eigenvalue weighted by Gasteiger charge is -2.29. The van der Waals surface area contributed by atoms with Crippen LogP contribution in [-0.4, -0.2) is 17.9 Å². The van der Waals surface area contributed by atoms with E-state index in [9.17, 15) is 9.59 Å². The number of carbonyl (C=O) groups is 2. The molecule has 0 aromatic heterocycles. The first kappa shape index (κ1) is 16.3. The van der Waals surface area contributed by atoms with Gasteiger partial charge in [-0.25, -0.2) is 0 Å². The molecule has 1 heterocycles. The van der Waals surface area contributed by atoms with Gasteiger partial charge in [0.15, 0.2) is 0 Å². The molecule has 0 bridgehead atoms. The molecule has 3 rings (SSSR count). The predicted octanol–water partition coefficient (Wildman–Crippen LogP) is 3.36. The number of rotatable bonds is 4. The minimum Gasteiger partial charge on any atom is -0.347 e. The first-order valence-corrected chi connectivity index (χ1v) is 8.86. The van der Waals surface area contributed by atoms with Crippen molar-refractivity contribution in [3.63, 3.8) is 0 Å².